The number of aliphatic imine (C=N–C) groups is 1. The van der Waals surface area contributed by atoms with Gasteiger partial charge in [-0.3, -0.25) is 9.79 Å². The van der Waals surface area contributed by atoms with Gasteiger partial charge >= 0.3 is 0 Å². The van der Waals surface area contributed by atoms with E-state index in [0.29, 0.717) is 30.4 Å². The molecule has 0 spiro atoms. The summed E-state index contributed by atoms with van der Waals surface area (Å²) >= 11 is 0. The normalized spacial score (nSPS) is 14.0. The van der Waals surface area contributed by atoms with E-state index in [-0.39, 0.29) is 12.2 Å². The second-order valence-electron chi connectivity index (χ2n) is 4.11. The number of benzene rings is 1. The third-order valence-corrected chi connectivity index (χ3v) is 2.93. The van der Waals surface area contributed by atoms with Crippen LogP contribution < -0.4 is 4.74 Å². The highest BCUT2D eigenvalue weighted by molar-refractivity contribution is 6.09. The fraction of sp³-hybridized carbons (Fsp3) is 0.429. The molecule has 4 heteroatoms. The molecule has 4 nitrogen and oxygen atoms in total. The van der Waals surface area contributed by atoms with E-state index in [9.17, 15) is 4.79 Å². The maximum atomic E-state index is 12.2. The predicted octanol–water partition coefficient (Wildman–Crippen LogP) is 2.26. The highest BCUT2D eigenvalue weighted by atomic mass is 16.5. The van der Waals surface area contributed by atoms with Gasteiger partial charge in [-0.15, -0.1) is 0 Å². The molecule has 0 aromatic heterocycles. The second-order valence-corrected chi connectivity index (χ2v) is 4.11. The second kappa shape index (κ2) is 5.67. The molecule has 96 valence electrons. The summed E-state index contributed by atoms with van der Waals surface area (Å²) < 4.78 is 10.5. The molecular weight excluding hydrogens is 230 g/mol. The first-order valence-corrected chi connectivity index (χ1v) is 6.10. The molecule has 0 saturated carbocycles. The summed E-state index contributed by atoms with van der Waals surface area (Å²) in [6, 6.07) is 5.69. The highest BCUT2D eigenvalue weighted by Gasteiger charge is 2.18. The van der Waals surface area contributed by atoms with Crippen molar-refractivity contribution in [3.63, 3.8) is 0 Å². The van der Waals surface area contributed by atoms with Gasteiger partial charge in [0.1, 0.15) is 12.4 Å². The quantitative estimate of drug-likeness (QED) is 0.750. The SMILES string of the molecule is CCc1ccc(OC)c(C(=O)CC2=NCCO2)c1. The summed E-state index contributed by atoms with van der Waals surface area (Å²) in [7, 11) is 1.57. The molecule has 0 saturated heterocycles. The number of nitrogens with zero attached hydrogens (tertiary/aromatic N) is 1. The molecule has 0 bridgehead atoms. The van der Waals surface area contributed by atoms with Crippen LogP contribution in [0.5, 0.6) is 5.75 Å². The Bertz CT molecular complexity index is 480. The monoisotopic (exact) mass is 247 g/mol. The van der Waals surface area contributed by atoms with Gasteiger partial charge in [0.25, 0.3) is 0 Å². The van der Waals surface area contributed by atoms with Crippen molar-refractivity contribution in [2.75, 3.05) is 20.3 Å². The van der Waals surface area contributed by atoms with Gasteiger partial charge in [-0.2, -0.15) is 0 Å². The van der Waals surface area contributed by atoms with Crippen molar-refractivity contribution in [3.8, 4) is 5.75 Å². The molecule has 1 aromatic carbocycles. The standard InChI is InChI=1S/C14H17NO3/c1-3-10-4-5-13(17-2)11(8-10)12(16)9-14-15-6-7-18-14/h4-5,8H,3,6-7,9H2,1-2H3. The van der Waals surface area contributed by atoms with E-state index < -0.39 is 0 Å². The average molecular weight is 247 g/mol. The molecule has 1 aliphatic heterocycles. The van der Waals surface area contributed by atoms with Gasteiger partial charge in [-0.1, -0.05) is 13.0 Å². The fourth-order valence-electron chi connectivity index (χ4n) is 1.91. The number of carbonyl (C=O) groups is 1. The topological polar surface area (TPSA) is 47.9 Å². The Morgan fingerprint density at radius 1 is 1.50 bits per heavy atom. The summed E-state index contributed by atoms with van der Waals surface area (Å²) in [5, 5.41) is 0. The third-order valence-electron chi connectivity index (χ3n) is 2.93. The number of ether oxygens (including phenoxy) is 2. The zero-order valence-corrected chi connectivity index (χ0v) is 10.7. The molecule has 0 radical (unpaired) electrons. The lowest BCUT2D eigenvalue weighted by atomic mass is 10.0. The van der Waals surface area contributed by atoms with Crippen LogP contribution >= 0.6 is 0 Å². The molecule has 0 aliphatic carbocycles. The maximum Gasteiger partial charge on any atom is 0.191 e. The van der Waals surface area contributed by atoms with Crippen LogP contribution in [0.25, 0.3) is 0 Å². The zero-order valence-electron chi connectivity index (χ0n) is 10.7. The van der Waals surface area contributed by atoms with Crippen molar-refractivity contribution in [2.24, 2.45) is 4.99 Å². The predicted molar refractivity (Wildman–Crippen MR) is 69.6 cm³/mol. The van der Waals surface area contributed by atoms with E-state index in [4.69, 9.17) is 9.47 Å². The number of Topliss-reactive ketones (excluding diaryl/α,β-unsaturated/α-hetero) is 1. The smallest absolute Gasteiger partial charge is 0.191 e. The molecule has 0 amide bonds. The maximum absolute atomic E-state index is 12.2. The zero-order chi connectivity index (χ0) is 13.0. The number of rotatable bonds is 5. The lowest BCUT2D eigenvalue weighted by molar-refractivity contribution is 0.0991. The van der Waals surface area contributed by atoms with Crippen molar-refractivity contribution in [1.82, 2.24) is 0 Å². The van der Waals surface area contributed by atoms with Gasteiger partial charge in [0, 0.05) is 0 Å². The largest absolute Gasteiger partial charge is 0.496 e. The van der Waals surface area contributed by atoms with Gasteiger partial charge in [0.2, 0.25) is 0 Å². The molecule has 0 atom stereocenters. The Morgan fingerprint density at radius 2 is 2.33 bits per heavy atom. The number of hydrogen-bond acceptors (Lipinski definition) is 4. The molecule has 0 fully saturated rings. The lowest BCUT2D eigenvalue weighted by Gasteiger charge is -2.09. The summed E-state index contributed by atoms with van der Waals surface area (Å²) in [5.41, 5.74) is 1.73. The van der Waals surface area contributed by atoms with E-state index >= 15 is 0 Å². The Balaban J connectivity index is 2.21. The third kappa shape index (κ3) is 2.70. The van der Waals surface area contributed by atoms with E-state index in [1.165, 1.54) is 0 Å². The van der Waals surface area contributed by atoms with Gasteiger partial charge in [-0.05, 0) is 24.1 Å². The van der Waals surface area contributed by atoms with Crippen molar-refractivity contribution in [1.29, 1.82) is 0 Å². The summed E-state index contributed by atoms with van der Waals surface area (Å²) in [6.07, 6.45) is 1.10. The van der Waals surface area contributed by atoms with Crippen LogP contribution in [-0.2, 0) is 11.2 Å². The van der Waals surface area contributed by atoms with E-state index in [1.54, 1.807) is 7.11 Å². The number of carbonyl (C=O) groups excluding carboxylic acids is 1. The van der Waals surface area contributed by atoms with Crippen molar-refractivity contribution in [2.45, 2.75) is 19.8 Å². The van der Waals surface area contributed by atoms with Gasteiger partial charge < -0.3 is 9.47 Å². The van der Waals surface area contributed by atoms with Crippen molar-refractivity contribution >= 4 is 11.7 Å². The molecule has 0 N–H and O–H groups in total. The van der Waals surface area contributed by atoms with E-state index in [0.717, 1.165) is 12.0 Å². The number of hydrogen-bond donors (Lipinski definition) is 0. The Morgan fingerprint density at radius 3 is 2.94 bits per heavy atom. The first-order valence-electron chi connectivity index (χ1n) is 6.10. The fourth-order valence-corrected chi connectivity index (χ4v) is 1.91. The summed E-state index contributed by atoms with van der Waals surface area (Å²) in [6.45, 7) is 3.28. The van der Waals surface area contributed by atoms with Crippen LogP contribution in [-0.4, -0.2) is 31.9 Å². The summed E-state index contributed by atoms with van der Waals surface area (Å²) in [5.74, 6) is 1.13. The minimum Gasteiger partial charge on any atom is -0.496 e. The lowest BCUT2D eigenvalue weighted by Crippen LogP contribution is -2.10. The molecule has 2 rings (SSSR count). The molecule has 1 heterocycles. The highest BCUT2D eigenvalue weighted by Crippen LogP contribution is 2.22. The summed E-state index contributed by atoms with van der Waals surface area (Å²) in [4.78, 5) is 16.3. The average Bonchev–Trinajstić information content (AvgIpc) is 2.90. The van der Waals surface area contributed by atoms with Crippen LogP contribution in [0.2, 0.25) is 0 Å². The van der Waals surface area contributed by atoms with Gasteiger partial charge in [0.05, 0.1) is 25.6 Å². The molecule has 0 unspecified atom stereocenters. The molecular formula is C14H17NO3. The van der Waals surface area contributed by atoms with Crippen molar-refractivity contribution < 1.29 is 14.3 Å². The van der Waals surface area contributed by atoms with Crippen molar-refractivity contribution in [3.05, 3.63) is 29.3 Å². The van der Waals surface area contributed by atoms with Crippen LogP contribution in [0.3, 0.4) is 0 Å². The first-order chi connectivity index (χ1) is 8.74. The van der Waals surface area contributed by atoms with Crippen LogP contribution in [0, 0.1) is 0 Å². The van der Waals surface area contributed by atoms with Crippen LogP contribution in [0.15, 0.2) is 23.2 Å². The van der Waals surface area contributed by atoms with Crippen LogP contribution in [0.1, 0.15) is 29.3 Å². The Hall–Kier alpha value is -1.84. The van der Waals surface area contributed by atoms with E-state index in [1.807, 2.05) is 18.2 Å². The number of ketones is 1. The molecule has 18 heavy (non-hydrogen) atoms. The number of methoxy groups -OCH3 is 1. The molecule has 1 aromatic rings. The van der Waals surface area contributed by atoms with Gasteiger partial charge in [0.15, 0.2) is 11.7 Å². The minimum absolute atomic E-state index is 0.0113. The molecule has 1 aliphatic rings. The number of aryl methyl sites for hydroxylation is 1. The van der Waals surface area contributed by atoms with Crippen LogP contribution in [0.4, 0.5) is 0 Å². The minimum atomic E-state index is -0.0113. The van der Waals surface area contributed by atoms with E-state index in [2.05, 4.69) is 11.9 Å². The van der Waals surface area contributed by atoms with Gasteiger partial charge in [-0.25, -0.2) is 0 Å². The Labute approximate surface area is 107 Å². The first kappa shape index (κ1) is 12.6. The Kier molecular flexibility index (Phi) is 3.97.